The summed E-state index contributed by atoms with van der Waals surface area (Å²) in [6.45, 7) is 4.92. The molecule has 1 amide bonds. The molecule has 0 N–H and O–H groups in total. The number of hydrogen-bond donors (Lipinski definition) is 0. The van der Waals surface area contributed by atoms with Crippen molar-refractivity contribution in [2.75, 3.05) is 13.1 Å². The number of rotatable bonds is 5. The van der Waals surface area contributed by atoms with Crippen LogP contribution in [0.5, 0.6) is 11.5 Å². The first-order valence-electron chi connectivity index (χ1n) is 10.4. The standard InChI is InChI=1S/C25H21ClN4O2/c1-2-24(31)29-13-11-19(16-29)30-23-10-12-27-15-22(23)25(28-30)17-6-8-20(9-7-17)32-21-5-3-4-18(26)14-21/h2-10,12,14-15,19H,1,11,13,16H2/t19-/m0/s1. The summed E-state index contributed by atoms with van der Waals surface area (Å²) in [7, 11) is 0. The van der Waals surface area contributed by atoms with Gasteiger partial charge >= 0.3 is 0 Å². The second kappa shape index (κ2) is 8.48. The molecule has 0 saturated carbocycles. The van der Waals surface area contributed by atoms with E-state index in [2.05, 4.69) is 11.6 Å². The number of aromatic nitrogens is 3. The van der Waals surface area contributed by atoms with Crippen LogP contribution in [0, 0.1) is 0 Å². The van der Waals surface area contributed by atoms with Crippen molar-refractivity contribution in [3.05, 3.63) is 84.7 Å². The minimum absolute atomic E-state index is 0.0406. The fourth-order valence-electron chi connectivity index (χ4n) is 4.09. The van der Waals surface area contributed by atoms with Gasteiger partial charge in [0.15, 0.2) is 0 Å². The van der Waals surface area contributed by atoms with Crippen LogP contribution in [-0.4, -0.2) is 38.7 Å². The summed E-state index contributed by atoms with van der Waals surface area (Å²) in [6.07, 6.45) is 5.83. The largest absolute Gasteiger partial charge is 0.457 e. The molecule has 1 saturated heterocycles. The van der Waals surface area contributed by atoms with E-state index < -0.39 is 0 Å². The molecule has 3 heterocycles. The predicted molar refractivity (Wildman–Crippen MR) is 125 cm³/mol. The second-order valence-corrected chi connectivity index (χ2v) is 8.14. The smallest absolute Gasteiger partial charge is 0.246 e. The Morgan fingerprint density at radius 3 is 2.78 bits per heavy atom. The van der Waals surface area contributed by atoms with Crippen LogP contribution < -0.4 is 4.74 Å². The number of halogens is 1. The van der Waals surface area contributed by atoms with Crippen molar-refractivity contribution in [2.24, 2.45) is 0 Å². The van der Waals surface area contributed by atoms with Crippen molar-refractivity contribution in [1.29, 1.82) is 0 Å². The van der Waals surface area contributed by atoms with Crippen LogP contribution in [0.1, 0.15) is 12.5 Å². The average Bonchev–Trinajstić information content (AvgIpc) is 3.44. The fraction of sp³-hybridized carbons (Fsp3) is 0.160. The molecular formula is C25H21ClN4O2. The highest BCUT2D eigenvalue weighted by molar-refractivity contribution is 6.30. The van der Waals surface area contributed by atoms with E-state index in [4.69, 9.17) is 21.4 Å². The molecule has 5 rings (SSSR count). The van der Waals surface area contributed by atoms with Gasteiger partial charge in [-0.2, -0.15) is 5.10 Å². The zero-order chi connectivity index (χ0) is 22.1. The van der Waals surface area contributed by atoms with Gasteiger partial charge in [0, 0.05) is 41.5 Å². The van der Waals surface area contributed by atoms with E-state index in [0.29, 0.717) is 29.6 Å². The van der Waals surface area contributed by atoms with Crippen molar-refractivity contribution in [2.45, 2.75) is 12.5 Å². The van der Waals surface area contributed by atoms with Gasteiger partial charge in [-0.05, 0) is 61.0 Å². The van der Waals surface area contributed by atoms with Gasteiger partial charge < -0.3 is 9.64 Å². The summed E-state index contributed by atoms with van der Waals surface area (Å²) < 4.78 is 7.93. The molecule has 1 atom stereocenters. The van der Waals surface area contributed by atoms with E-state index in [9.17, 15) is 4.79 Å². The topological polar surface area (TPSA) is 60.2 Å². The lowest BCUT2D eigenvalue weighted by Gasteiger charge is -2.15. The molecule has 2 aromatic carbocycles. The minimum atomic E-state index is -0.0406. The molecule has 32 heavy (non-hydrogen) atoms. The van der Waals surface area contributed by atoms with Crippen LogP contribution in [0.3, 0.4) is 0 Å². The second-order valence-electron chi connectivity index (χ2n) is 7.70. The summed E-state index contributed by atoms with van der Waals surface area (Å²) in [5.74, 6) is 1.36. The van der Waals surface area contributed by atoms with Crippen molar-refractivity contribution in [1.82, 2.24) is 19.7 Å². The van der Waals surface area contributed by atoms with E-state index in [1.54, 1.807) is 12.3 Å². The summed E-state index contributed by atoms with van der Waals surface area (Å²) in [4.78, 5) is 18.1. The number of ether oxygens (including phenoxy) is 1. The summed E-state index contributed by atoms with van der Waals surface area (Å²) in [6, 6.07) is 17.2. The van der Waals surface area contributed by atoms with Gasteiger partial charge in [-0.15, -0.1) is 0 Å². The van der Waals surface area contributed by atoms with Gasteiger partial charge in [0.1, 0.15) is 17.2 Å². The SMILES string of the molecule is C=CC(=O)N1CC[C@H](n2nc(-c3ccc(Oc4cccc(Cl)c4)cc3)c3cnccc32)C1. The molecule has 6 nitrogen and oxygen atoms in total. The number of carbonyl (C=O) groups excluding carboxylic acids is 1. The van der Waals surface area contributed by atoms with E-state index in [0.717, 1.165) is 28.6 Å². The fourth-order valence-corrected chi connectivity index (χ4v) is 4.27. The summed E-state index contributed by atoms with van der Waals surface area (Å²) in [5, 5.41) is 6.55. The third kappa shape index (κ3) is 3.85. The third-order valence-electron chi connectivity index (χ3n) is 5.66. The van der Waals surface area contributed by atoms with Gasteiger partial charge in [-0.1, -0.05) is 24.2 Å². The van der Waals surface area contributed by atoms with E-state index in [1.165, 1.54) is 6.08 Å². The Bertz CT molecular complexity index is 1300. The quantitative estimate of drug-likeness (QED) is 0.381. The van der Waals surface area contributed by atoms with E-state index in [-0.39, 0.29) is 11.9 Å². The lowest BCUT2D eigenvalue weighted by molar-refractivity contribution is -0.125. The van der Waals surface area contributed by atoms with Crippen molar-refractivity contribution in [3.8, 4) is 22.8 Å². The zero-order valence-corrected chi connectivity index (χ0v) is 18.1. The van der Waals surface area contributed by atoms with Gasteiger partial charge in [-0.25, -0.2) is 0 Å². The van der Waals surface area contributed by atoms with Crippen LogP contribution in [0.4, 0.5) is 0 Å². The van der Waals surface area contributed by atoms with Gasteiger partial charge in [0.05, 0.1) is 11.6 Å². The highest BCUT2D eigenvalue weighted by Gasteiger charge is 2.28. The number of fused-ring (bicyclic) bond motifs is 1. The zero-order valence-electron chi connectivity index (χ0n) is 17.3. The number of pyridine rings is 1. The average molecular weight is 445 g/mol. The Balaban J connectivity index is 1.45. The highest BCUT2D eigenvalue weighted by atomic mass is 35.5. The molecule has 0 bridgehead atoms. The lowest BCUT2D eigenvalue weighted by Crippen LogP contribution is -2.27. The maximum atomic E-state index is 12.0. The van der Waals surface area contributed by atoms with E-state index in [1.807, 2.05) is 64.3 Å². The van der Waals surface area contributed by atoms with Gasteiger partial charge in [0.25, 0.3) is 0 Å². The Labute approximate surface area is 190 Å². The monoisotopic (exact) mass is 444 g/mol. The Morgan fingerprint density at radius 2 is 2.00 bits per heavy atom. The molecule has 0 radical (unpaired) electrons. The van der Waals surface area contributed by atoms with Crippen molar-refractivity contribution < 1.29 is 9.53 Å². The molecule has 4 aromatic rings. The Hall–Kier alpha value is -3.64. The molecule has 1 aliphatic rings. The number of benzene rings is 2. The number of hydrogen-bond acceptors (Lipinski definition) is 4. The van der Waals surface area contributed by atoms with Gasteiger partial charge in [-0.3, -0.25) is 14.5 Å². The van der Waals surface area contributed by atoms with Crippen molar-refractivity contribution >= 4 is 28.4 Å². The molecule has 7 heteroatoms. The van der Waals surface area contributed by atoms with Crippen LogP contribution in [0.2, 0.25) is 5.02 Å². The number of likely N-dealkylation sites (tertiary alicyclic amines) is 1. The molecule has 160 valence electrons. The molecule has 0 unspecified atom stereocenters. The van der Waals surface area contributed by atoms with E-state index >= 15 is 0 Å². The maximum Gasteiger partial charge on any atom is 0.246 e. The third-order valence-corrected chi connectivity index (χ3v) is 5.90. The summed E-state index contributed by atoms with van der Waals surface area (Å²) in [5.41, 5.74) is 2.83. The van der Waals surface area contributed by atoms with Crippen LogP contribution in [-0.2, 0) is 4.79 Å². The number of amides is 1. The number of nitrogens with zero attached hydrogens (tertiary/aromatic N) is 4. The molecule has 1 fully saturated rings. The molecule has 2 aromatic heterocycles. The molecular weight excluding hydrogens is 424 g/mol. The highest BCUT2D eigenvalue weighted by Crippen LogP contribution is 2.33. The van der Waals surface area contributed by atoms with Gasteiger partial charge in [0.2, 0.25) is 5.91 Å². The lowest BCUT2D eigenvalue weighted by atomic mass is 10.1. The van der Waals surface area contributed by atoms with Crippen LogP contribution in [0.25, 0.3) is 22.2 Å². The first-order chi connectivity index (χ1) is 15.6. The maximum absolute atomic E-state index is 12.0. The molecule has 1 aliphatic heterocycles. The normalized spacial score (nSPS) is 15.8. The van der Waals surface area contributed by atoms with Crippen molar-refractivity contribution in [3.63, 3.8) is 0 Å². The van der Waals surface area contributed by atoms with Crippen LogP contribution >= 0.6 is 11.6 Å². The predicted octanol–water partition coefficient (Wildman–Crippen LogP) is 5.50. The van der Waals surface area contributed by atoms with Crippen LogP contribution in [0.15, 0.2) is 79.6 Å². The Kier molecular flexibility index (Phi) is 5.37. The minimum Gasteiger partial charge on any atom is -0.457 e. The first kappa shape index (κ1) is 20.3. The first-order valence-corrected chi connectivity index (χ1v) is 10.8. The Morgan fingerprint density at radius 1 is 1.16 bits per heavy atom. The molecule has 0 aliphatic carbocycles. The summed E-state index contributed by atoms with van der Waals surface area (Å²) >= 11 is 6.04. The molecule has 0 spiro atoms. The number of carbonyl (C=O) groups is 1.